The lowest BCUT2D eigenvalue weighted by molar-refractivity contribution is -0.0972. The second kappa shape index (κ2) is 10.9. The highest BCUT2D eigenvalue weighted by Crippen LogP contribution is 2.33. The van der Waals surface area contributed by atoms with Crippen molar-refractivity contribution in [2.24, 2.45) is 0 Å². The highest BCUT2D eigenvalue weighted by Gasteiger charge is 2.28. The maximum Gasteiger partial charge on any atom is 0.304 e. The molecule has 3 rings (SSSR count). The highest BCUT2D eigenvalue weighted by molar-refractivity contribution is 7.99. The zero-order valence-corrected chi connectivity index (χ0v) is 19.3. The zero-order valence-electron chi connectivity index (χ0n) is 16.2. The molecular weight excluding hydrogens is 487 g/mol. The number of aliphatic hydroxyl groups excluding tert-OH is 3. The van der Waals surface area contributed by atoms with Crippen LogP contribution in [0.1, 0.15) is 6.92 Å². The Balaban J connectivity index is 1.77. The van der Waals surface area contributed by atoms with Crippen LogP contribution >= 0.6 is 46.3 Å². The maximum atomic E-state index is 11.3. The minimum absolute atomic E-state index is 0.0122. The number of hydrogen-bond donors (Lipinski definition) is 4. The summed E-state index contributed by atoms with van der Waals surface area (Å²) in [5.74, 6) is 0. The third-order valence-electron chi connectivity index (χ3n) is 4.19. The molecule has 0 fully saturated rings. The van der Waals surface area contributed by atoms with Crippen molar-refractivity contribution in [3.63, 3.8) is 0 Å². The molecule has 4 atom stereocenters. The fraction of sp³-hybridized carbons (Fsp3) is 0.389. The van der Waals surface area contributed by atoms with E-state index < -0.39 is 30.4 Å². The van der Waals surface area contributed by atoms with Gasteiger partial charge in [-0.1, -0.05) is 51.5 Å². The molecule has 0 spiro atoms. The topological polar surface area (TPSA) is 133 Å². The number of aromatic amines is 1. The number of nitrogens with one attached hydrogen (secondary N) is 1. The van der Waals surface area contributed by atoms with E-state index in [-0.39, 0.29) is 11.4 Å². The molecule has 4 N–H and O–H groups in total. The van der Waals surface area contributed by atoms with Gasteiger partial charge in [0.05, 0.1) is 41.2 Å². The average molecular weight is 507 g/mol. The van der Waals surface area contributed by atoms with Gasteiger partial charge in [-0.2, -0.15) is 0 Å². The minimum Gasteiger partial charge on any atom is -0.394 e. The number of nitrogens with zero attached hydrogens (tertiary/aromatic N) is 3. The van der Waals surface area contributed by atoms with Gasteiger partial charge in [-0.3, -0.25) is 4.79 Å². The normalized spacial score (nSPS) is 15.5. The van der Waals surface area contributed by atoms with E-state index in [1.165, 1.54) is 11.6 Å². The molecule has 0 aliphatic heterocycles. The summed E-state index contributed by atoms with van der Waals surface area (Å²) < 4.78 is 7.21. The number of hydrogen-bond acceptors (Lipinski definition) is 9. The van der Waals surface area contributed by atoms with Crippen LogP contribution in [0.3, 0.4) is 0 Å². The van der Waals surface area contributed by atoms with Gasteiger partial charge in [0.2, 0.25) is 0 Å². The standard InChI is InChI=1S/C18H20Cl2N4O5S2/c1-9(26)16(7-25)29-17(31-10-2-3-11(19)12(20)4-10)15(27)6-24-5-13(22-23-24)14-8-30-18(28)21-14/h2-5,8-9,15-17,25-27H,6-7H2,1H3,(H,21,28)/t9-,15+,16?,17?/m1/s1. The third kappa shape index (κ3) is 6.53. The Morgan fingerprint density at radius 2 is 2.10 bits per heavy atom. The van der Waals surface area contributed by atoms with Crippen molar-refractivity contribution in [3.8, 4) is 11.4 Å². The van der Waals surface area contributed by atoms with Crippen LogP contribution in [-0.4, -0.2) is 65.7 Å². The molecule has 0 aliphatic carbocycles. The van der Waals surface area contributed by atoms with Gasteiger partial charge in [0, 0.05) is 10.3 Å². The first-order valence-corrected chi connectivity index (χ1v) is 11.6. The summed E-state index contributed by atoms with van der Waals surface area (Å²) in [6, 6.07) is 4.98. The Hall–Kier alpha value is -1.44. The van der Waals surface area contributed by atoms with Crippen molar-refractivity contribution in [3.05, 3.63) is 49.5 Å². The summed E-state index contributed by atoms with van der Waals surface area (Å²) in [6.07, 6.45) is -1.37. The van der Waals surface area contributed by atoms with E-state index in [4.69, 9.17) is 27.9 Å². The van der Waals surface area contributed by atoms with Gasteiger partial charge in [-0.05, 0) is 25.1 Å². The van der Waals surface area contributed by atoms with Crippen molar-refractivity contribution in [1.29, 1.82) is 0 Å². The number of benzene rings is 1. The Morgan fingerprint density at radius 1 is 1.32 bits per heavy atom. The molecule has 9 nitrogen and oxygen atoms in total. The smallest absolute Gasteiger partial charge is 0.304 e. The lowest BCUT2D eigenvalue weighted by Crippen LogP contribution is -2.39. The van der Waals surface area contributed by atoms with Gasteiger partial charge in [0.25, 0.3) is 0 Å². The first-order chi connectivity index (χ1) is 14.8. The fourth-order valence-corrected chi connectivity index (χ4v) is 4.54. The summed E-state index contributed by atoms with van der Waals surface area (Å²) in [7, 11) is 0. The predicted octanol–water partition coefficient (Wildman–Crippen LogP) is 2.24. The first kappa shape index (κ1) is 24.2. The van der Waals surface area contributed by atoms with Crippen LogP contribution in [0.25, 0.3) is 11.4 Å². The highest BCUT2D eigenvalue weighted by atomic mass is 35.5. The van der Waals surface area contributed by atoms with Crippen LogP contribution in [0.15, 0.2) is 39.5 Å². The number of halogens is 2. The van der Waals surface area contributed by atoms with E-state index in [0.717, 1.165) is 23.1 Å². The molecule has 0 saturated heterocycles. The van der Waals surface area contributed by atoms with Crippen LogP contribution in [-0.2, 0) is 11.3 Å². The lowest BCUT2D eigenvalue weighted by atomic mass is 10.2. The molecular formula is C18H20Cl2N4O5S2. The Morgan fingerprint density at radius 3 is 2.71 bits per heavy atom. The van der Waals surface area contributed by atoms with Gasteiger partial charge in [-0.25, -0.2) is 4.68 Å². The second-order valence-corrected chi connectivity index (χ2v) is 9.44. The quantitative estimate of drug-likeness (QED) is 0.243. The SMILES string of the molecule is C[C@@H](O)C(CO)OC(Sc1ccc(Cl)c(Cl)c1)[C@@H](O)Cn1cc(-c2csc(=O)[nH]2)nn1. The van der Waals surface area contributed by atoms with E-state index >= 15 is 0 Å². The van der Waals surface area contributed by atoms with E-state index in [1.807, 2.05) is 0 Å². The summed E-state index contributed by atoms with van der Waals surface area (Å²) in [5, 5.41) is 40.6. The molecule has 31 heavy (non-hydrogen) atoms. The molecule has 3 aromatic rings. The largest absolute Gasteiger partial charge is 0.394 e. The number of H-pyrrole nitrogens is 1. The van der Waals surface area contributed by atoms with Crippen molar-refractivity contribution < 1.29 is 20.1 Å². The van der Waals surface area contributed by atoms with E-state index in [0.29, 0.717) is 26.3 Å². The fourth-order valence-electron chi connectivity index (χ4n) is 2.56. The van der Waals surface area contributed by atoms with Gasteiger partial charge in [0.15, 0.2) is 0 Å². The van der Waals surface area contributed by atoms with Gasteiger partial charge >= 0.3 is 4.87 Å². The second-order valence-electron chi connectivity index (χ2n) is 6.61. The van der Waals surface area contributed by atoms with Gasteiger partial charge < -0.3 is 25.0 Å². The molecule has 0 radical (unpaired) electrons. The lowest BCUT2D eigenvalue weighted by Gasteiger charge is -2.28. The zero-order chi connectivity index (χ0) is 22.5. The Labute approximate surface area is 195 Å². The van der Waals surface area contributed by atoms with E-state index in [1.54, 1.807) is 29.8 Å². The number of aliphatic hydroxyl groups is 3. The minimum atomic E-state index is -1.09. The Kier molecular flexibility index (Phi) is 8.53. The maximum absolute atomic E-state index is 11.3. The van der Waals surface area contributed by atoms with Crippen molar-refractivity contribution in [1.82, 2.24) is 20.0 Å². The number of ether oxygens (including phenoxy) is 1. The molecule has 0 amide bonds. The van der Waals surface area contributed by atoms with E-state index in [9.17, 15) is 20.1 Å². The van der Waals surface area contributed by atoms with Gasteiger partial charge in [-0.15, -0.1) is 5.10 Å². The first-order valence-electron chi connectivity index (χ1n) is 9.09. The van der Waals surface area contributed by atoms with Crippen LogP contribution in [0.2, 0.25) is 10.0 Å². The van der Waals surface area contributed by atoms with Crippen molar-refractivity contribution in [2.45, 2.75) is 42.1 Å². The molecule has 2 unspecified atom stereocenters. The summed E-state index contributed by atoms with van der Waals surface area (Å²) in [5.41, 5.74) is 0.109. The third-order valence-corrected chi connectivity index (χ3v) is 6.79. The average Bonchev–Trinajstić information content (AvgIpc) is 3.36. The Bertz CT molecular complexity index is 1060. The summed E-state index contributed by atoms with van der Waals surface area (Å²) >= 11 is 14.2. The molecule has 1 aromatic carbocycles. The molecule has 0 saturated carbocycles. The molecule has 2 aromatic heterocycles. The summed E-state index contributed by atoms with van der Waals surface area (Å²) in [6.45, 7) is 1.07. The van der Waals surface area contributed by atoms with Crippen LogP contribution in [0.4, 0.5) is 0 Å². The van der Waals surface area contributed by atoms with Crippen molar-refractivity contribution in [2.75, 3.05) is 6.61 Å². The van der Waals surface area contributed by atoms with Crippen LogP contribution in [0.5, 0.6) is 0 Å². The number of thiazole rings is 1. The van der Waals surface area contributed by atoms with E-state index in [2.05, 4.69) is 15.3 Å². The molecule has 13 heteroatoms. The predicted molar refractivity (Wildman–Crippen MR) is 120 cm³/mol. The molecule has 2 heterocycles. The monoisotopic (exact) mass is 506 g/mol. The molecule has 0 bridgehead atoms. The number of thioether (sulfide) groups is 1. The number of rotatable bonds is 10. The summed E-state index contributed by atoms with van der Waals surface area (Å²) in [4.78, 5) is 14.5. The van der Waals surface area contributed by atoms with Crippen molar-refractivity contribution >= 4 is 46.3 Å². The number of aromatic nitrogens is 4. The molecule has 0 aliphatic rings. The van der Waals surface area contributed by atoms with Crippen LogP contribution in [0, 0.1) is 0 Å². The van der Waals surface area contributed by atoms with Gasteiger partial charge in [0.1, 0.15) is 23.3 Å². The van der Waals surface area contributed by atoms with Crippen LogP contribution < -0.4 is 4.87 Å². The molecule has 168 valence electrons.